The molecule has 0 bridgehead atoms. The van der Waals surface area contributed by atoms with Crippen molar-refractivity contribution in [3.63, 3.8) is 0 Å². The van der Waals surface area contributed by atoms with Gasteiger partial charge in [0.15, 0.2) is 6.73 Å². The zero-order chi connectivity index (χ0) is 9.47. The average Bonchev–Trinajstić information content (AvgIpc) is 2.87. The first-order chi connectivity index (χ1) is 6.10. The van der Waals surface area contributed by atoms with Crippen LogP contribution in [0.4, 0.5) is 0 Å². The molecule has 0 amide bonds. The van der Waals surface area contributed by atoms with Gasteiger partial charge in [-0.15, -0.1) is 0 Å². The van der Waals surface area contributed by atoms with E-state index in [0.717, 1.165) is 10.0 Å². The Hall–Kier alpha value is -0.910. The molecule has 5 heteroatoms. The highest BCUT2D eigenvalue weighted by atomic mass is 32.2. The Balaban J connectivity index is 2.40. The molecule has 13 heavy (non-hydrogen) atoms. The second kappa shape index (κ2) is 2.80. The molecule has 0 aliphatic carbocycles. The minimum Gasteiger partial charge on any atom is -0.262 e. The maximum absolute atomic E-state index is 11.5. The Bertz CT molecular complexity index is 406. The van der Waals surface area contributed by atoms with Gasteiger partial charge in [-0.05, 0) is 23.5 Å². The first-order valence-electron chi connectivity index (χ1n) is 3.83. The van der Waals surface area contributed by atoms with Gasteiger partial charge in [0, 0.05) is 0 Å². The fraction of sp³-hybridized carbons (Fsp3) is 0.250. The van der Waals surface area contributed by atoms with Crippen molar-refractivity contribution in [2.24, 2.45) is 0 Å². The smallest absolute Gasteiger partial charge is 0.262 e. The molecule has 1 unspecified atom stereocenters. The highest BCUT2D eigenvalue weighted by Gasteiger charge is 2.35. The van der Waals surface area contributed by atoms with Crippen LogP contribution in [0.25, 0.3) is 0 Å². The summed E-state index contributed by atoms with van der Waals surface area (Å²) in [6.07, 6.45) is 0. The summed E-state index contributed by atoms with van der Waals surface area (Å²) in [5.74, 6) is 0. The van der Waals surface area contributed by atoms with Crippen LogP contribution in [-0.2, 0) is 14.9 Å². The van der Waals surface area contributed by atoms with Crippen molar-refractivity contribution in [1.82, 2.24) is 4.47 Å². The van der Waals surface area contributed by atoms with E-state index in [1.807, 2.05) is 6.92 Å². The summed E-state index contributed by atoms with van der Waals surface area (Å²) >= 11 is 0. The lowest BCUT2D eigenvalue weighted by Crippen LogP contribution is -2.10. The van der Waals surface area contributed by atoms with Gasteiger partial charge in [0.1, 0.15) is 0 Å². The molecular formula is C8H9NO3S. The van der Waals surface area contributed by atoms with Crippen molar-refractivity contribution in [3.8, 4) is 0 Å². The summed E-state index contributed by atoms with van der Waals surface area (Å²) in [4.78, 5) is 4.88. The van der Waals surface area contributed by atoms with E-state index in [1.165, 1.54) is 0 Å². The minimum atomic E-state index is -3.37. The van der Waals surface area contributed by atoms with E-state index in [2.05, 4.69) is 4.84 Å². The third kappa shape index (κ3) is 1.58. The highest BCUT2D eigenvalue weighted by molar-refractivity contribution is 7.89. The van der Waals surface area contributed by atoms with E-state index >= 15 is 0 Å². The number of aryl methyl sites for hydroxylation is 1. The van der Waals surface area contributed by atoms with Crippen LogP contribution in [0.2, 0.25) is 0 Å². The van der Waals surface area contributed by atoms with Gasteiger partial charge in [0.2, 0.25) is 0 Å². The molecule has 0 N–H and O–H groups in total. The van der Waals surface area contributed by atoms with E-state index < -0.39 is 10.0 Å². The molecule has 1 aliphatic rings. The molecule has 1 aliphatic heterocycles. The predicted octanol–water partition coefficient (Wildman–Crippen LogP) is 0.888. The monoisotopic (exact) mass is 199 g/mol. The van der Waals surface area contributed by atoms with Gasteiger partial charge >= 0.3 is 0 Å². The molecule has 0 radical (unpaired) electrons. The second-order valence-electron chi connectivity index (χ2n) is 2.88. The zero-order valence-electron chi connectivity index (χ0n) is 7.10. The van der Waals surface area contributed by atoms with Crippen molar-refractivity contribution in [1.29, 1.82) is 0 Å². The average molecular weight is 199 g/mol. The Morgan fingerprint density at radius 1 is 1.31 bits per heavy atom. The number of rotatable bonds is 2. The lowest BCUT2D eigenvalue weighted by atomic mass is 10.2. The summed E-state index contributed by atoms with van der Waals surface area (Å²) < 4.78 is 24.0. The molecule has 1 fully saturated rings. The first-order valence-corrected chi connectivity index (χ1v) is 5.27. The van der Waals surface area contributed by atoms with Gasteiger partial charge in [-0.2, -0.15) is 0 Å². The molecule has 1 saturated heterocycles. The van der Waals surface area contributed by atoms with Crippen LogP contribution in [0.5, 0.6) is 0 Å². The third-order valence-electron chi connectivity index (χ3n) is 1.82. The molecule has 1 atom stereocenters. The van der Waals surface area contributed by atoms with Gasteiger partial charge in [0.05, 0.1) is 4.90 Å². The number of nitrogens with zero attached hydrogens (tertiary/aromatic N) is 1. The molecule has 0 spiro atoms. The normalized spacial score (nSPS) is 21.5. The molecule has 1 aromatic rings. The van der Waals surface area contributed by atoms with Crippen LogP contribution in [-0.4, -0.2) is 19.6 Å². The van der Waals surface area contributed by atoms with Crippen molar-refractivity contribution < 1.29 is 13.3 Å². The van der Waals surface area contributed by atoms with Gasteiger partial charge in [-0.3, -0.25) is 4.84 Å². The number of hydrogen-bond acceptors (Lipinski definition) is 3. The fourth-order valence-electron chi connectivity index (χ4n) is 0.990. The Morgan fingerprint density at radius 2 is 1.85 bits per heavy atom. The van der Waals surface area contributed by atoms with Gasteiger partial charge < -0.3 is 0 Å². The Kier molecular flexibility index (Phi) is 1.87. The van der Waals surface area contributed by atoms with Gasteiger partial charge in [0.25, 0.3) is 10.0 Å². The highest BCUT2D eigenvalue weighted by Crippen LogP contribution is 2.22. The zero-order valence-corrected chi connectivity index (χ0v) is 7.91. The molecule has 1 aromatic carbocycles. The minimum absolute atomic E-state index is 0.163. The second-order valence-corrected chi connectivity index (χ2v) is 4.71. The maximum Gasteiger partial charge on any atom is 0.267 e. The van der Waals surface area contributed by atoms with E-state index in [1.54, 1.807) is 24.3 Å². The van der Waals surface area contributed by atoms with Crippen LogP contribution < -0.4 is 0 Å². The van der Waals surface area contributed by atoms with E-state index in [4.69, 9.17) is 0 Å². The summed E-state index contributed by atoms with van der Waals surface area (Å²) in [7, 11) is -3.37. The SMILES string of the molecule is Cc1ccc(S(=O)(=O)N2CO2)cc1. The predicted molar refractivity (Wildman–Crippen MR) is 46.2 cm³/mol. The summed E-state index contributed by atoms with van der Waals surface area (Å²) in [6, 6.07) is 6.67. The number of sulfonamides is 1. The van der Waals surface area contributed by atoms with E-state index in [-0.39, 0.29) is 11.6 Å². The van der Waals surface area contributed by atoms with E-state index in [0.29, 0.717) is 0 Å². The van der Waals surface area contributed by atoms with Gasteiger partial charge in [-0.25, -0.2) is 8.42 Å². The lowest BCUT2D eigenvalue weighted by molar-refractivity contribution is 0.294. The summed E-state index contributed by atoms with van der Waals surface area (Å²) in [5, 5.41) is 0. The number of benzene rings is 1. The Labute approximate surface area is 76.7 Å². The van der Waals surface area contributed by atoms with E-state index in [9.17, 15) is 8.42 Å². The maximum atomic E-state index is 11.5. The fourth-order valence-corrected chi connectivity index (χ4v) is 2.03. The summed E-state index contributed by atoms with van der Waals surface area (Å²) in [6.45, 7) is 2.07. The van der Waals surface area contributed by atoms with Crippen LogP contribution in [0.1, 0.15) is 5.56 Å². The van der Waals surface area contributed by atoms with Crippen molar-refractivity contribution >= 4 is 10.0 Å². The van der Waals surface area contributed by atoms with Crippen LogP contribution >= 0.6 is 0 Å². The first kappa shape index (κ1) is 8.68. The third-order valence-corrected chi connectivity index (χ3v) is 3.44. The molecule has 2 rings (SSSR count). The number of hydroxylamine groups is 1. The van der Waals surface area contributed by atoms with Crippen molar-refractivity contribution in [2.45, 2.75) is 11.8 Å². The molecule has 1 heterocycles. The molecular weight excluding hydrogens is 190 g/mol. The van der Waals surface area contributed by atoms with Crippen LogP contribution in [0, 0.1) is 6.92 Å². The van der Waals surface area contributed by atoms with Crippen LogP contribution in [0.15, 0.2) is 29.2 Å². The summed E-state index contributed by atoms with van der Waals surface area (Å²) in [5.41, 5.74) is 1.03. The molecule has 0 saturated carbocycles. The number of hydrogen-bond donors (Lipinski definition) is 0. The lowest BCUT2D eigenvalue weighted by Gasteiger charge is -2.00. The quantitative estimate of drug-likeness (QED) is 0.664. The molecule has 70 valence electrons. The van der Waals surface area contributed by atoms with Gasteiger partial charge in [-0.1, -0.05) is 17.7 Å². The topological polar surface area (TPSA) is 49.7 Å². The Morgan fingerprint density at radius 3 is 2.31 bits per heavy atom. The largest absolute Gasteiger partial charge is 0.267 e. The van der Waals surface area contributed by atoms with Crippen molar-refractivity contribution in [3.05, 3.63) is 29.8 Å². The molecule has 0 aromatic heterocycles. The standard InChI is InChI=1S/C8H9NO3S/c1-7-2-4-8(5-3-7)13(10,11)9-6-12-9/h2-5H,6H2,1H3. The van der Waals surface area contributed by atoms with Crippen LogP contribution in [0.3, 0.4) is 0 Å². The van der Waals surface area contributed by atoms with Crippen molar-refractivity contribution in [2.75, 3.05) is 6.73 Å². The molecule has 4 nitrogen and oxygen atoms in total.